The number of rotatable bonds is 1. The molecule has 4 nitrogen and oxygen atoms in total. The summed E-state index contributed by atoms with van der Waals surface area (Å²) in [5.41, 5.74) is 0.684. The first-order valence-corrected chi connectivity index (χ1v) is 9.09. The fourth-order valence-corrected chi connectivity index (χ4v) is 4.64. The lowest BCUT2D eigenvalue weighted by atomic mass is 10.2. The van der Waals surface area contributed by atoms with Gasteiger partial charge < -0.3 is 10.2 Å². The van der Waals surface area contributed by atoms with E-state index in [-0.39, 0.29) is 6.03 Å². The molecule has 1 heterocycles. The molecule has 1 aliphatic heterocycles. The van der Waals surface area contributed by atoms with Crippen LogP contribution in [-0.4, -0.2) is 30.4 Å². The first-order chi connectivity index (χ1) is 9.97. The van der Waals surface area contributed by atoms with Crippen molar-refractivity contribution < 1.29 is 4.79 Å². The highest BCUT2D eigenvalue weighted by atomic mass is 79.9. The molecule has 0 aliphatic carbocycles. The number of carbonyl (C=O) groups is 1. The number of aliphatic imine (C=N–C) groups is 1. The number of anilines is 1. The number of hydrogen-bond donors (Lipinski definition) is 1. The van der Waals surface area contributed by atoms with Gasteiger partial charge in [0.15, 0.2) is 0 Å². The average molecular weight is 482 g/mol. The second kappa shape index (κ2) is 7.74. The topological polar surface area (TPSA) is 44.7 Å². The van der Waals surface area contributed by atoms with E-state index in [1.807, 2.05) is 19.2 Å². The van der Waals surface area contributed by atoms with E-state index in [4.69, 9.17) is 0 Å². The van der Waals surface area contributed by atoms with Crippen molar-refractivity contribution >= 4 is 65.3 Å². The van der Waals surface area contributed by atoms with Gasteiger partial charge in [-0.25, -0.2) is 4.79 Å². The van der Waals surface area contributed by atoms with Crippen LogP contribution in [0.3, 0.4) is 0 Å². The molecule has 7 heteroatoms. The summed E-state index contributed by atoms with van der Waals surface area (Å²) in [7, 11) is 1.99. The Kier molecular flexibility index (Phi) is 6.25. The van der Waals surface area contributed by atoms with Crippen LogP contribution in [0, 0.1) is 0 Å². The molecule has 114 valence electrons. The molecule has 2 rings (SSSR count). The Labute approximate surface area is 149 Å². The summed E-state index contributed by atoms with van der Waals surface area (Å²) in [4.78, 5) is 18.4. The number of halogens is 3. The minimum atomic E-state index is -0.345. The second-order valence-corrected chi connectivity index (χ2v) is 7.56. The van der Waals surface area contributed by atoms with Crippen molar-refractivity contribution in [1.29, 1.82) is 0 Å². The van der Waals surface area contributed by atoms with Gasteiger partial charge in [0, 0.05) is 33.4 Å². The number of likely N-dealkylation sites (tertiary alicyclic amines) is 1. The highest BCUT2D eigenvalue weighted by Gasteiger charge is 2.14. The molecule has 0 unspecified atom stereocenters. The molecular weight excluding hydrogens is 466 g/mol. The van der Waals surface area contributed by atoms with Gasteiger partial charge in [-0.2, -0.15) is 4.99 Å². The van der Waals surface area contributed by atoms with E-state index in [0.29, 0.717) is 5.69 Å². The first-order valence-electron chi connectivity index (χ1n) is 6.71. The van der Waals surface area contributed by atoms with Gasteiger partial charge in [0.1, 0.15) is 5.84 Å². The molecular formula is C14H16Br3N3O. The summed E-state index contributed by atoms with van der Waals surface area (Å²) in [5, 5.41) is 2.83. The van der Waals surface area contributed by atoms with Gasteiger partial charge in [0.05, 0.1) is 5.69 Å². The van der Waals surface area contributed by atoms with E-state index in [0.717, 1.165) is 45.1 Å². The molecule has 0 radical (unpaired) electrons. The van der Waals surface area contributed by atoms with Gasteiger partial charge in [-0.3, -0.25) is 0 Å². The predicted octanol–water partition coefficient (Wildman–Crippen LogP) is 5.41. The van der Waals surface area contributed by atoms with E-state index in [1.165, 1.54) is 6.42 Å². The Balaban J connectivity index is 2.14. The quantitative estimate of drug-likeness (QED) is 0.583. The number of nitrogens with zero attached hydrogens (tertiary/aromatic N) is 2. The number of nitrogens with one attached hydrogen (secondary N) is 1. The second-order valence-electron chi connectivity index (χ2n) is 4.93. The molecule has 0 spiro atoms. The highest BCUT2D eigenvalue weighted by Crippen LogP contribution is 2.34. The van der Waals surface area contributed by atoms with E-state index in [1.54, 1.807) is 0 Å². The molecule has 21 heavy (non-hydrogen) atoms. The third-order valence-corrected chi connectivity index (χ3v) is 5.01. The van der Waals surface area contributed by atoms with E-state index in [2.05, 4.69) is 63.0 Å². The van der Waals surface area contributed by atoms with Crippen molar-refractivity contribution in [3.05, 3.63) is 25.6 Å². The van der Waals surface area contributed by atoms with Crippen LogP contribution < -0.4 is 5.32 Å². The average Bonchev–Trinajstić information content (AvgIpc) is 2.59. The third kappa shape index (κ3) is 4.79. The first kappa shape index (κ1) is 17.0. The van der Waals surface area contributed by atoms with Crippen molar-refractivity contribution in [2.45, 2.75) is 25.7 Å². The minimum absolute atomic E-state index is 0.345. The molecule has 1 saturated heterocycles. The molecule has 0 bridgehead atoms. The van der Waals surface area contributed by atoms with Crippen molar-refractivity contribution in [2.24, 2.45) is 4.99 Å². The smallest absolute Gasteiger partial charge is 0.347 e. The van der Waals surface area contributed by atoms with Crippen molar-refractivity contribution in [2.75, 3.05) is 18.9 Å². The lowest BCUT2D eigenvalue weighted by Gasteiger charge is -2.18. The van der Waals surface area contributed by atoms with Crippen molar-refractivity contribution in [3.8, 4) is 0 Å². The maximum Gasteiger partial charge on any atom is 0.347 e. The number of carbonyl (C=O) groups excluding carboxylic acids is 1. The van der Waals surface area contributed by atoms with Gasteiger partial charge >= 0.3 is 6.03 Å². The Hall–Kier alpha value is -0.400. The van der Waals surface area contributed by atoms with Crippen molar-refractivity contribution in [1.82, 2.24) is 4.90 Å². The van der Waals surface area contributed by atoms with E-state index in [9.17, 15) is 4.79 Å². The Bertz CT molecular complexity index is 552. The van der Waals surface area contributed by atoms with Gasteiger partial charge in [-0.1, -0.05) is 22.4 Å². The molecule has 1 aliphatic rings. The van der Waals surface area contributed by atoms with Crippen LogP contribution in [0.5, 0.6) is 0 Å². The lowest BCUT2D eigenvalue weighted by Crippen LogP contribution is -2.27. The molecule has 0 atom stereocenters. The van der Waals surface area contributed by atoms with Crippen LogP contribution in [0.1, 0.15) is 25.7 Å². The molecule has 2 amide bonds. The summed E-state index contributed by atoms with van der Waals surface area (Å²) >= 11 is 10.3. The van der Waals surface area contributed by atoms with Crippen LogP contribution in [0.2, 0.25) is 0 Å². The SMILES string of the molecule is CN1CCCCC/C1=N/C(=O)Nc1c(Br)cc(Br)cc1Br. The summed E-state index contributed by atoms with van der Waals surface area (Å²) in [6.45, 7) is 0.956. The minimum Gasteiger partial charge on any atom is -0.363 e. The Morgan fingerprint density at radius 2 is 1.86 bits per heavy atom. The number of amides is 2. The standard InChI is InChI=1S/C14H16Br3N3O/c1-20-6-4-2-3-5-12(20)18-14(21)19-13-10(16)7-9(15)8-11(13)17/h7-8H,2-6H2,1H3,(H,19,21)/b18-12-. The molecule has 1 aromatic carbocycles. The number of amidine groups is 1. The summed E-state index contributed by atoms with van der Waals surface area (Å²) < 4.78 is 2.52. The maximum atomic E-state index is 12.1. The van der Waals surface area contributed by atoms with Crippen molar-refractivity contribution in [3.63, 3.8) is 0 Å². The van der Waals surface area contributed by atoms with Crippen LogP contribution >= 0.6 is 47.8 Å². The van der Waals surface area contributed by atoms with Crippen LogP contribution in [0.4, 0.5) is 10.5 Å². The highest BCUT2D eigenvalue weighted by molar-refractivity contribution is 9.11. The number of benzene rings is 1. The van der Waals surface area contributed by atoms with Crippen LogP contribution in [0.25, 0.3) is 0 Å². The lowest BCUT2D eigenvalue weighted by molar-refractivity contribution is 0.259. The molecule has 0 aromatic heterocycles. The zero-order chi connectivity index (χ0) is 15.4. The monoisotopic (exact) mass is 479 g/mol. The summed E-state index contributed by atoms with van der Waals surface area (Å²) in [6.07, 6.45) is 4.28. The van der Waals surface area contributed by atoms with Gasteiger partial charge in [0.25, 0.3) is 0 Å². The van der Waals surface area contributed by atoms with Crippen LogP contribution in [-0.2, 0) is 0 Å². The zero-order valence-electron chi connectivity index (χ0n) is 11.6. The Morgan fingerprint density at radius 3 is 2.52 bits per heavy atom. The van der Waals surface area contributed by atoms with Gasteiger partial charge in [0.2, 0.25) is 0 Å². The summed E-state index contributed by atoms with van der Waals surface area (Å²) in [6, 6.07) is 3.42. The predicted molar refractivity (Wildman–Crippen MR) is 97.1 cm³/mol. The molecule has 1 aromatic rings. The van der Waals surface area contributed by atoms with E-state index >= 15 is 0 Å². The molecule has 1 N–H and O–H groups in total. The fourth-order valence-electron chi connectivity index (χ4n) is 2.18. The normalized spacial score (nSPS) is 17.7. The van der Waals surface area contributed by atoms with E-state index < -0.39 is 0 Å². The Morgan fingerprint density at radius 1 is 1.19 bits per heavy atom. The van der Waals surface area contributed by atoms with Gasteiger partial charge in [-0.05, 0) is 56.8 Å². The zero-order valence-corrected chi connectivity index (χ0v) is 16.4. The van der Waals surface area contributed by atoms with Gasteiger partial charge in [-0.15, -0.1) is 0 Å². The number of hydrogen-bond acceptors (Lipinski definition) is 1. The molecule has 0 saturated carbocycles. The van der Waals surface area contributed by atoms with Crippen LogP contribution in [0.15, 0.2) is 30.5 Å². The molecule has 1 fully saturated rings. The third-order valence-electron chi connectivity index (χ3n) is 3.30. The fraction of sp³-hybridized carbons (Fsp3) is 0.429. The summed E-state index contributed by atoms with van der Waals surface area (Å²) in [5.74, 6) is 0.856. The largest absolute Gasteiger partial charge is 0.363 e. The maximum absolute atomic E-state index is 12.1. The number of urea groups is 1.